The standard InChI is InChI=1S/C18H32N4O2S/c1-14(16-13-25-15(2)20-16)19-7-6-8-21-9-11-22(12-10-21)17(23)24-18(3,4)5/h13-14,19H,6-12H2,1-5H3. The number of nitrogens with one attached hydrogen (secondary N) is 1. The van der Waals surface area contributed by atoms with Crippen LogP contribution in [0.2, 0.25) is 0 Å². The van der Waals surface area contributed by atoms with Crippen LogP contribution in [0, 0.1) is 6.92 Å². The Balaban J connectivity index is 1.60. The van der Waals surface area contributed by atoms with Crippen LogP contribution in [0.25, 0.3) is 0 Å². The highest BCUT2D eigenvalue weighted by Crippen LogP contribution is 2.15. The summed E-state index contributed by atoms with van der Waals surface area (Å²) in [4.78, 5) is 20.8. The maximum Gasteiger partial charge on any atom is 0.410 e. The fraction of sp³-hybridized carbons (Fsp3) is 0.778. The average molecular weight is 369 g/mol. The maximum atomic E-state index is 12.1. The number of carbonyl (C=O) groups excluding carboxylic acids is 1. The molecule has 1 aliphatic rings. The van der Waals surface area contributed by atoms with Gasteiger partial charge in [-0.05, 0) is 54.1 Å². The molecule has 2 rings (SSSR count). The number of piperazine rings is 1. The Bertz CT molecular complexity index is 548. The monoisotopic (exact) mass is 368 g/mol. The van der Waals surface area contributed by atoms with E-state index in [1.807, 2.05) is 32.6 Å². The van der Waals surface area contributed by atoms with Crippen molar-refractivity contribution in [3.05, 3.63) is 16.1 Å². The van der Waals surface area contributed by atoms with Gasteiger partial charge >= 0.3 is 6.09 Å². The van der Waals surface area contributed by atoms with Gasteiger partial charge in [0.05, 0.1) is 10.7 Å². The van der Waals surface area contributed by atoms with Gasteiger partial charge in [-0.2, -0.15) is 0 Å². The second-order valence-corrected chi connectivity index (χ2v) is 8.69. The molecule has 1 aromatic rings. The van der Waals surface area contributed by atoms with Gasteiger partial charge in [-0.15, -0.1) is 11.3 Å². The molecule has 0 aliphatic carbocycles. The van der Waals surface area contributed by atoms with Crippen LogP contribution in [0.5, 0.6) is 0 Å². The van der Waals surface area contributed by atoms with Crippen LogP contribution >= 0.6 is 11.3 Å². The molecule has 6 nitrogen and oxygen atoms in total. The van der Waals surface area contributed by atoms with Crippen molar-refractivity contribution in [2.45, 2.75) is 52.7 Å². The van der Waals surface area contributed by atoms with Crippen LogP contribution in [-0.4, -0.2) is 65.7 Å². The van der Waals surface area contributed by atoms with Crippen molar-refractivity contribution in [1.29, 1.82) is 0 Å². The molecule has 0 aromatic carbocycles. The van der Waals surface area contributed by atoms with E-state index in [9.17, 15) is 4.79 Å². The van der Waals surface area contributed by atoms with E-state index in [1.165, 1.54) is 0 Å². The quantitative estimate of drug-likeness (QED) is 0.782. The van der Waals surface area contributed by atoms with E-state index in [0.717, 1.165) is 56.4 Å². The Labute approximate surface area is 155 Å². The number of carbonyl (C=O) groups is 1. The Morgan fingerprint density at radius 3 is 2.60 bits per heavy atom. The molecule has 1 fully saturated rings. The van der Waals surface area contributed by atoms with E-state index in [-0.39, 0.29) is 6.09 Å². The number of ether oxygens (including phenoxy) is 1. The lowest BCUT2D eigenvalue weighted by molar-refractivity contribution is 0.0144. The van der Waals surface area contributed by atoms with Crippen LogP contribution < -0.4 is 5.32 Å². The second kappa shape index (κ2) is 8.96. The number of aryl methyl sites for hydroxylation is 1. The maximum absolute atomic E-state index is 12.1. The molecule has 1 amide bonds. The summed E-state index contributed by atoms with van der Waals surface area (Å²) in [5, 5.41) is 6.78. The Morgan fingerprint density at radius 2 is 2.04 bits per heavy atom. The summed E-state index contributed by atoms with van der Waals surface area (Å²) in [6.45, 7) is 15.3. The Morgan fingerprint density at radius 1 is 1.36 bits per heavy atom. The van der Waals surface area contributed by atoms with Crippen LogP contribution in [0.3, 0.4) is 0 Å². The predicted molar refractivity (Wildman–Crippen MR) is 102 cm³/mol. The highest BCUT2D eigenvalue weighted by molar-refractivity contribution is 7.09. The summed E-state index contributed by atoms with van der Waals surface area (Å²) in [6, 6.07) is 0.300. The topological polar surface area (TPSA) is 57.7 Å². The lowest BCUT2D eigenvalue weighted by Crippen LogP contribution is -2.50. The number of amides is 1. The van der Waals surface area contributed by atoms with Crippen molar-refractivity contribution in [1.82, 2.24) is 20.1 Å². The van der Waals surface area contributed by atoms with Gasteiger partial charge in [0, 0.05) is 37.6 Å². The van der Waals surface area contributed by atoms with E-state index in [0.29, 0.717) is 6.04 Å². The third kappa shape index (κ3) is 6.92. The first kappa shape index (κ1) is 20.1. The zero-order valence-corrected chi connectivity index (χ0v) is 17.0. The SMILES string of the molecule is Cc1nc(C(C)NCCCN2CCN(C(=O)OC(C)(C)C)CC2)cs1. The highest BCUT2D eigenvalue weighted by atomic mass is 32.1. The summed E-state index contributed by atoms with van der Waals surface area (Å²) in [6.07, 6.45) is 0.904. The third-order valence-electron chi connectivity index (χ3n) is 4.21. The molecule has 25 heavy (non-hydrogen) atoms. The highest BCUT2D eigenvalue weighted by Gasteiger charge is 2.25. The minimum atomic E-state index is -0.424. The van der Waals surface area contributed by atoms with E-state index >= 15 is 0 Å². The van der Waals surface area contributed by atoms with Crippen LogP contribution in [0.15, 0.2) is 5.38 Å². The number of nitrogens with zero attached hydrogens (tertiary/aromatic N) is 3. The summed E-state index contributed by atoms with van der Waals surface area (Å²) >= 11 is 1.70. The molecule has 1 atom stereocenters. The number of aromatic nitrogens is 1. The predicted octanol–water partition coefficient (Wildman–Crippen LogP) is 3.04. The van der Waals surface area contributed by atoms with Gasteiger partial charge in [0.2, 0.25) is 0 Å². The minimum absolute atomic E-state index is 0.193. The molecule has 1 unspecified atom stereocenters. The first-order valence-corrected chi connectivity index (χ1v) is 9.98. The van der Waals surface area contributed by atoms with Gasteiger partial charge in [0.15, 0.2) is 0 Å². The van der Waals surface area contributed by atoms with Crippen molar-refractivity contribution in [3.63, 3.8) is 0 Å². The van der Waals surface area contributed by atoms with Gasteiger partial charge in [-0.3, -0.25) is 4.90 Å². The zero-order chi connectivity index (χ0) is 18.4. The molecule has 0 radical (unpaired) electrons. The number of hydrogen-bond donors (Lipinski definition) is 1. The smallest absolute Gasteiger partial charge is 0.410 e. The van der Waals surface area contributed by atoms with Crippen molar-refractivity contribution in [2.75, 3.05) is 39.3 Å². The molecule has 1 saturated heterocycles. The molecular formula is C18H32N4O2S. The second-order valence-electron chi connectivity index (χ2n) is 7.63. The summed E-state index contributed by atoms with van der Waals surface area (Å²) in [5.74, 6) is 0. The van der Waals surface area contributed by atoms with Crippen LogP contribution in [-0.2, 0) is 4.74 Å². The molecule has 0 spiro atoms. The molecule has 142 valence electrons. The Hall–Kier alpha value is -1.18. The molecule has 0 saturated carbocycles. The van der Waals surface area contributed by atoms with Gasteiger partial charge < -0.3 is 15.0 Å². The van der Waals surface area contributed by atoms with Gasteiger partial charge in [0.25, 0.3) is 0 Å². The summed E-state index contributed by atoms with van der Waals surface area (Å²) in [7, 11) is 0. The molecule has 7 heteroatoms. The fourth-order valence-corrected chi connectivity index (χ4v) is 3.49. The van der Waals surface area contributed by atoms with Crippen molar-refractivity contribution >= 4 is 17.4 Å². The van der Waals surface area contributed by atoms with Crippen LogP contribution in [0.4, 0.5) is 4.79 Å². The fourth-order valence-electron chi connectivity index (χ4n) is 2.79. The lowest BCUT2D eigenvalue weighted by Gasteiger charge is -2.35. The molecule has 1 N–H and O–H groups in total. The molecule has 2 heterocycles. The number of rotatable bonds is 6. The number of thiazole rings is 1. The normalized spacial score (nSPS) is 17.6. The molecule has 0 bridgehead atoms. The largest absolute Gasteiger partial charge is 0.444 e. The number of hydrogen-bond acceptors (Lipinski definition) is 6. The Kier molecular flexibility index (Phi) is 7.22. The van der Waals surface area contributed by atoms with Gasteiger partial charge in [0.1, 0.15) is 5.60 Å². The summed E-state index contributed by atoms with van der Waals surface area (Å²) < 4.78 is 5.43. The zero-order valence-electron chi connectivity index (χ0n) is 16.2. The third-order valence-corrected chi connectivity index (χ3v) is 5.00. The minimum Gasteiger partial charge on any atom is -0.444 e. The van der Waals surface area contributed by atoms with E-state index in [1.54, 1.807) is 11.3 Å². The molecular weight excluding hydrogens is 336 g/mol. The van der Waals surface area contributed by atoms with Crippen molar-refractivity contribution < 1.29 is 9.53 Å². The summed E-state index contributed by atoms with van der Waals surface area (Å²) in [5.41, 5.74) is 0.709. The first-order valence-electron chi connectivity index (χ1n) is 9.10. The van der Waals surface area contributed by atoms with E-state index in [4.69, 9.17) is 4.74 Å². The average Bonchev–Trinajstić information content (AvgIpc) is 2.97. The van der Waals surface area contributed by atoms with Crippen molar-refractivity contribution in [2.24, 2.45) is 0 Å². The van der Waals surface area contributed by atoms with E-state index in [2.05, 4.69) is 27.5 Å². The van der Waals surface area contributed by atoms with Gasteiger partial charge in [-0.25, -0.2) is 9.78 Å². The van der Waals surface area contributed by atoms with Crippen LogP contribution in [0.1, 0.15) is 50.9 Å². The molecule has 1 aromatic heterocycles. The lowest BCUT2D eigenvalue weighted by atomic mass is 10.2. The van der Waals surface area contributed by atoms with E-state index < -0.39 is 5.60 Å². The first-order chi connectivity index (χ1) is 11.7. The molecule has 1 aliphatic heterocycles. The van der Waals surface area contributed by atoms with Crippen molar-refractivity contribution in [3.8, 4) is 0 Å². The van der Waals surface area contributed by atoms with Gasteiger partial charge in [-0.1, -0.05) is 0 Å².